The maximum Gasteiger partial charge on any atom is 0.227 e. The van der Waals surface area contributed by atoms with Crippen LogP contribution in [0.25, 0.3) is 82.7 Å². The van der Waals surface area contributed by atoms with Crippen LogP contribution in [0.4, 0.5) is 17.1 Å². The van der Waals surface area contributed by atoms with Crippen LogP contribution >= 0.6 is 0 Å². The number of oxazole rings is 1. The van der Waals surface area contributed by atoms with Crippen molar-refractivity contribution < 1.29 is 4.42 Å². The van der Waals surface area contributed by atoms with E-state index in [9.17, 15) is 0 Å². The molecular weight excluding hydrogens is 671 g/mol. The van der Waals surface area contributed by atoms with Crippen molar-refractivity contribution in [3.8, 4) is 28.3 Å². The molecular formula is C51H33N3O. The zero-order chi connectivity index (χ0) is 36.3. The second-order valence-corrected chi connectivity index (χ2v) is 14.0. The van der Waals surface area contributed by atoms with Crippen LogP contribution in [0, 0.1) is 0 Å². The van der Waals surface area contributed by atoms with E-state index in [0.717, 1.165) is 72.1 Å². The Morgan fingerprint density at radius 2 is 1.05 bits per heavy atom. The summed E-state index contributed by atoms with van der Waals surface area (Å²) >= 11 is 0. The molecule has 55 heavy (non-hydrogen) atoms. The van der Waals surface area contributed by atoms with E-state index in [0.29, 0.717) is 5.89 Å². The minimum atomic E-state index is 0.617. The SMILES string of the molecule is c1ccc(-c2nc3ccc4c(-c5ccccc5)cc5ccc(N(c6ccccc6)c6ccc7c(c6)c6ccccc6n7-c6ccccc6)cc5c4c3o2)cc1. The topological polar surface area (TPSA) is 34.2 Å². The molecule has 0 bridgehead atoms. The van der Waals surface area contributed by atoms with Gasteiger partial charge in [0.2, 0.25) is 5.89 Å². The first-order valence-corrected chi connectivity index (χ1v) is 18.6. The van der Waals surface area contributed by atoms with Crippen LogP contribution < -0.4 is 4.90 Å². The van der Waals surface area contributed by atoms with E-state index in [1.165, 1.54) is 21.8 Å². The first kappa shape index (κ1) is 31.1. The van der Waals surface area contributed by atoms with Gasteiger partial charge in [-0.2, -0.15) is 0 Å². The Kier molecular flexibility index (Phi) is 7.14. The lowest BCUT2D eigenvalue weighted by molar-refractivity contribution is 0.623. The lowest BCUT2D eigenvalue weighted by atomic mass is 9.92. The highest BCUT2D eigenvalue weighted by Crippen LogP contribution is 2.44. The molecule has 0 aliphatic carbocycles. The summed E-state index contributed by atoms with van der Waals surface area (Å²) < 4.78 is 9.10. The van der Waals surface area contributed by atoms with Gasteiger partial charge in [-0.15, -0.1) is 0 Å². The van der Waals surface area contributed by atoms with Gasteiger partial charge in [-0.3, -0.25) is 0 Å². The quantitative estimate of drug-likeness (QED) is 0.162. The largest absolute Gasteiger partial charge is 0.435 e. The number of hydrogen-bond acceptors (Lipinski definition) is 3. The summed E-state index contributed by atoms with van der Waals surface area (Å²) in [7, 11) is 0. The zero-order valence-electron chi connectivity index (χ0n) is 29.8. The summed E-state index contributed by atoms with van der Waals surface area (Å²) in [6.07, 6.45) is 0. The van der Waals surface area contributed by atoms with Gasteiger partial charge >= 0.3 is 0 Å². The Labute approximate surface area is 317 Å². The van der Waals surface area contributed by atoms with Crippen LogP contribution in [-0.2, 0) is 0 Å². The Morgan fingerprint density at radius 1 is 0.436 bits per heavy atom. The molecule has 0 atom stereocenters. The Hall–Kier alpha value is -7.43. The fraction of sp³-hybridized carbons (Fsp3) is 0. The van der Waals surface area contributed by atoms with Crippen molar-refractivity contribution in [3.05, 3.63) is 200 Å². The van der Waals surface area contributed by atoms with E-state index in [2.05, 4.69) is 179 Å². The third-order valence-corrected chi connectivity index (χ3v) is 10.8. The van der Waals surface area contributed by atoms with Gasteiger partial charge in [-0.25, -0.2) is 4.98 Å². The molecule has 0 fully saturated rings. The summed E-state index contributed by atoms with van der Waals surface area (Å²) in [6.45, 7) is 0. The fourth-order valence-corrected chi connectivity index (χ4v) is 8.28. The monoisotopic (exact) mass is 703 g/mol. The molecule has 0 saturated carbocycles. The fourth-order valence-electron chi connectivity index (χ4n) is 8.28. The second-order valence-electron chi connectivity index (χ2n) is 14.0. The van der Waals surface area contributed by atoms with E-state index in [4.69, 9.17) is 9.40 Å². The summed E-state index contributed by atoms with van der Waals surface area (Å²) in [4.78, 5) is 7.36. The highest BCUT2D eigenvalue weighted by Gasteiger charge is 2.21. The van der Waals surface area contributed by atoms with Crippen LogP contribution in [0.15, 0.2) is 205 Å². The first-order chi connectivity index (χ1) is 27.3. The van der Waals surface area contributed by atoms with Crippen LogP contribution in [0.5, 0.6) is 0 Å². The average Bonchev–Trinajstić information content (AvgIpc) is 3.84. The number of rotatable bonds is 6. The highest BCUT2D eigenvalue weighted by molar-refractivity contribution is 6.23. The number of aromatic nitrogens is 2. The molecule has 9 aromatic carbocycles. The lowest BCUT2D eigenvalue weighted by Gasteiger charge is -2.26. The van der Waals surface area contributed by atoms with Crippen molar-refractivity contribution >= 4 is 71.5 Å². The second kappa shape index (κ2) is 12.6. The maximum absolute atomic E-state index is 6.74. The predicted molar refractivity (Wildman–Crippen MR) is 229 cm³/mol. The lowest BCUT2D eigenvalue weighted by Crippen LogP contribution is -2.09. The molecule has 4 nitrogen and oxygen atoms in total. The minimum Gasteiger partial charge on any atom is -0.435 e. The average molecular weight is 704 g/mol. The molecule has 11 rings (SSSR count). The zero-order valence-corrected chi connectivity index (χ0v) is 29.8. The van der Waals surface area contributed by atoms with E-state index in [-0.39, 0.29) is 0 Å². The summed E-state index contributed by atoms with van der Waals surface area (Å²) in [5.74, 6) is 0.617. The number of para-hydroxylation sites is 3. The van der Waals surface area contributed by atoms with Crippen molar-refractivity contribution in [2.75, 3.05) is 4.90 Å². The molecule has 0 spiro atoms. The number of hydrogen-bond donors (Lipinski definition) is 0. The van der Waals surface area contributed by atoms with Crippen LogP contribution in [0.1, 0.15) is 0 Å². The highest BCUT2D eigenvalue weighted by atomic mass is 16.3. The first-order valence-electron chi connectivity index (χ1n) is 18.6. The van der Waals surface area contributed by atoms with E-state index in [1.54, 1.807) is 0 Å². The Morgan fingerprint density at radius 3 is 1.82 bits per heavy atom. The number of benzene rings is 9. The molecule has 0 unspecified atom stereocenters. The minimum absolute atomic E-state index is 0.617. The van der Waals surface area contributed by atoms with E-state index in [1.807, 2.05) is 30.3 Å². The molecule has 258 valence electrons. The molecule has 2 aromatic heterocycles. The molecule has 0 amide bonds. The normalized spacial score (nSPS) is 11.6. The smallest absolute Gasteiger partial charge is 0.227 e. The summed E-state index contributed by atoms with van der Waals surface area (Å²) in [5.41, 5.74) is 11.6. The molecule has 0 N–H and O–H groups in total. The van der Waals surface area contributed by atoms with Gasteiger partial charge in [0.25, 0.3) is 0 Å². The van der Waals surface area contributed by atoms with E-state index < -0.39 is 0 Å². The van der Waals surface area contributed by atoms with Crippen LogP contribution in [0.2, 0.25) is 0 Å². The van der Waals surface area contributed by atoms with Crippen LogP contribution in [-0.4, -0.2) is 9.55 Å². The third kappa shape index (κ3) is 5.11. The van der Waals surface area contributed by atoms with Gasteiger partial charge in [0.05, 0.1) is 11.0 Å². The molecule has 0 radical (unpaired) electrons. The van der Waals surface area contributed by atoms with Gasteiger partial charge in [0.15, 0.2) is 5.58 Å². The maximum atomic E-state index is 6.74. The van der Waals surface area contributed by atoms with Crippen LogP contribution in [0.3, 0.4) is 0 Å². The van der Waals surface area contributed by atoms with Crippen molar-refractivity contribution in [2.24, 2.45) is 0 Å². The third-order valence-electron chi connectivity index (χ3n) is 10.8. The number of anilines is 3. The standard InChI is InChI=1S/C51H33N3O/c1-5-15-34(16-6-1)43-31-36-25-26-39(32-44(36)49-42(43)28-29-46-50(49)55-51(52-46)35-17-7-2-8-18-35)53(37-19-9-3-10-20-37)40-27-30-48-45(33-40)41-23-13-14-24-47(41)54(48)38-21-11-4-12-22-38/h1-33H. The molecule has 11 aromatic rings. The van der Waals surface area contributed by atoms with Crippen molar-refractivity contribution in [1.29, 1.82) is 0 Å². The summed E-state index contributed by atoms with van der Waals surface area (Å²) in [6, 6.07) is 71.0. The van der Waals surface area contributed by atoms with Gasteiger partial charge in [-0.05, 0) is 112 Å². The predicted octanol–water partition coefficient (Wildman–Crippen LogP) is 14.0. The Balaban J connectivity index is 1.17. The Bertz CT molecular complexity index is 3190. The van der Waals surface area contributed by atoms with Crippen molar-refractivity contribution in [2.45, 2.75) is 0 Å². The molecule has 0 aliphatic rings. The molecule has 4 heteroatoms. The van der Waals surface area contributed by atoms with Crippen molar-refractivity contribution in [3.63, 3.8) is 0 Å². The summed E-state index contributed by atoms with van der Waals surface area (Å²) in [5, 5.41) is 6.84. The molecule has 0 saturated heterocycles. The van der Waals surface area contributed by atoms with Gasteiger partial charge in [-0.1, -0.05) is 115 Å². The number of nitrogens with zero attached hydrogens (tertiary/aromatic N) is 3. The van der Waals surface area contributed by atoms with Gasteiger partial charge in [0.1, 0.15) is 5.52 Å². The molecule has 2 heterocycles. The molecule has 0 aliphatic heterocycles. The number of fused-ring (bicyclic) bond motifs is 8. The van der Waals surface area contributed by atoms with E-state index >= 15 is 0 Å². The van der Waals surface area contributed by atoms with Gasteiger partial charge < -0.3 is 13.9 Å². The van der Waals surface area contributed by atoms with Gasteiger partial charge in [0, 0.05) is 44.5 Å². The van der Waals surface area contributed by atoms with Crippen molar-refractivity contribution in [1.82, 2.24) is 9.55 Å².